The molecule has 0 saturated heterocycles. The summed E-state index contributed by atoms with van der Waals surface area (Å²) in [6, 6.07) is 7.31. The number of methoxy groups -OCH3 is 2. The number of amides is 1. The lowest BCUT2D eigenvalue weighted by Gasteiger charge is -2.13. The van der Waals surface area contributed by atoms with Crippen LogP contribution in [0.15, 0.2) is 36.7 Å². The van der Waals surface area contributed by atoms with Crippen LogP contribution in [-0.4, -0.2) is 31.7 Å². The molecule has 1 aromatic carbocycles. The molecule has 1 heterocycles. The Kier molecular flexibility index (Phi) is 4.77. The number of hydrogen-bond donors (Lipinski definition) is 1. The fourth-order valence-corrected chi connectivity index (χ4v) is 2.10. The summed E-state index contributed by atoms with van der Waals surface area (Å²) in [4.78, 5) is 16.1. The molecule has 0 aliphatic rings. The number of aromatic nitrogens is 1. The predicted octanol–water partition coefficient (Wildman–Crippen LogP) is 2.52. The van der Waals surface area contributed by atoms with Crippen molar-refractivity contribution >= 4 is 5.91 Å². The Balaban J connectivity index is 2.52. The molecule has 2 aromatic rings. The Morgan fingerprint density at radius 2 is 1.86 bits per heavy atom. The monoisotopic (exact) mass is 286 g/mol. The maximum atomic E-state index is 11.9. The van der Waals surface area contributed by atoms with Crippen LogP contribution in [0.4, 0.5) is 0 Å². The third-order valence-corrected chi connectivity index (χ3v) is 3.05. The third kappa shape index (κ3) is 3.13. The molecular formula is C16H18N2O3. The normalized spacial score (nSPS) is 10.0. The molecule has 0 atom stereocenters. The van der Waals surface area contributed by atoms with Crippen molar-refractivity contribution in [2.75, 3.05) is 20.8 Å². The van der Waals surface area contributed by atoms with Gasteiger partial charge in [-0.25, -0.2) is 0 Å². The molecule has 21 heavy (non-hydrogen) atoms. The highest BCUT2D eigenvalue weighted by atomic mass is 16.5. The molecule has 1 aromatic heterocycles. The largest absolute Gasteiger partial charge is 0.496 e. The van der Waals surface area contributed by atoms with Gasteiger partial charge in [-0.15, -0.1) is 0 Å². The number of benzene rings is 1. The van der Waals surface area contributed by atoms with Gasteiger partial charge in [-0.2, -0.15) is 0 Å². The lowest BCUT2D eigenvalue weighted by molar-refractivity contribution is 0.0955. The van der Waals surface area contributed by atoms with Crippen LogP contribution < -0.4 is 14.8 Å². The smallest absolute Gasteiger partial charge is 0.252 e. The van der Waals surface area contributed by atoms with Gasteiger partial charge in [0.2, 0.25) is 0 Å². The molecule has 1 amide bonds. The quantitative estimate of drug-likeness (QED) is 0.917. The first-order valence-corrected chi connectivity index (χ1v) is 6.65. The molecule has 0 fully saturated rings. The van der Waals surface area contributed by atoms with Gasteiger partial charge in [-0.05, 0) is 25.1 Å². The molecule has 0 aliphatic heterocycles. The highest BCUT2D eigenvalue weighted by Crippen LogP contribution is 2.37. The van der Waals surface area contributed by atoms with E-state index in [0.29, 0.717) is 23.6 Å². The standard InChI is InChI=1S/C16H18N2O3/c1-4-18-16(19)12-8-11(9-17-10-12)15-13(20-2)6-5-7-14(15)21-3/h5-10H,4H2,1-3H3,(H,18,19). The van der Waals surface area contributed by atoms with Crippen LogP contribution in [0.1, 0.15) is 17.3 Å². The second-order valence-electron chi connectivity index (χ2n) is 4.36. The van der Waals surface area contributed by atoms with E-state index >= 15 is 0 Å². The summed E-state index contributed by atoms with van der Waals surface area (Å²) in [5.41, 5.74) is 2.05. The second kappa shape index (κ2) is 6.74. The maximum Gasteiger partial charge on any atom is 0.252 e. The van der Waals surface area contributed by atoms with E-state index in [4.69, 9.17) is 9.47 Å². The maximum absolute atomic E-state index is 11.9. The fraction of sp³-hybridized carbons (Fsp3) is 0.250. The van der Waals surface area contributed by atoms with Crippen LogP contribution in [-0.2, 0) is 0 Å². The van der Waals surface area contributed by atoms with Crippen LogP contribution >= 0.6 is 0 Å². The first-order valence-electron chi connectivity index (χ1n) is 6.65. The summed E-state index contributed by atoms with van der Waals surface area (Å²) in [7, 11) is 3.19. The van der Waals surface area contributed by atoms with Gasteiger partial charge in [0.25, 0.3) is 5.91 Å². The van der Waals surface area contributed by atoms with Gasteiger partial charge < -0.3 is 14.8 Å². The van der Waals surface area contributed by atoms with Gasteiger partial charge in [-0.3, -0.25) is 9.78 Å². The fourth-order valence-electron chi connectivity index (χ4n) is 2.10. The number of pyridine rings is 1. The van der Waals surface area contributed by atoms with Gasteiger partial charge in [0, 0.05) is 24.5 Å². The van der Waals surface area contributed by atoms with Crippen LogP contribution in [0, 0.1) is 0 Å². The van der Waals surface area contributed by atoms with E-state index in [1.165, 1.54) is 6.20 Å². The molecular weight excluding hydrogens is 268 g/mol. The van der Waals surface area contributed by atoms with E-state index in [-0.39, 0.29) is 5.91 Å². The van der Waals surface area contributed by atoms with Crippen molar-refractivity contribution in [3.8, 4) is 22.6 Å². The van der Waals surface area contributed by atoms with E-state index in [1.54, 1.807) is 26.5 Å². The van der Waals surface area contributed by atoms with Gasteiger partial charge in [0.1, 0.15) is 11.5 Å². The number of rotatable bonds is 5. The molecule has 0 saturated carbocycles. The first-order chi connectivity index (χ1) is 10.2. The number of nitrogens with zero attached hydrogens (tertiary/aromatic N) is 1. The Labute approximate surface area is 123 Å². The highest BCUT2D eigenvalue weighted by Gasteiger charge is 2.14. The van der Waals surface area contributed by atoms with Crippen molar-refractivity contribution in [3.05, 3.63) is 42.2 Å². The van der Waals surface area contributed by atoms with Crippen LogP contribution in [0.3, 0.4) is 0 Å². The Morgan fingerprint density at radius 3 is 2.43 bits per heavy atom. The molecule has 0 radical (unpaired) electrons. The van der Waals surface area contributed by atoms with E-state index in [9.17, 15) is 4.79 Å². The summed E-state index contributed by atoms with van der Waals surface area (Å²) in [5.74, 6) is 1.19. The van der Waals surface area contributed by atoms with Crippen LogP contribution in [0.5, 0.6) is 11.5 Å². The predicted molar refractivity (Wildman–Crippen MR) is 80.8 cm³/mol. The molecule has 1 N–H and O–H groups in total. The minimum Gasteiger partial charge on any atom is -0.496 e. The summed E-state index contributed by atoms with van der Waals surface area (Å²) in [6.45, 7) is 2.44. The van der Waals surface area contributed by atoms with Crippen molar-refractivity contribution in [2.45, 2.75) is 6.92 Å². The topological polar surface area (TPSA) is 60.5 Å². The molecule has 110 valence electrons. The van der Waals surface area contributed by atoms with E-state index in [0.717, 1.165) is 11.1 Å². The average molecular weight is 286 g/mol. The summed E-state index contributed by atoms with van der Waals surface area (Å²) in [5, 5.41) is 2.76. The lowest BCUT2D eigenvalue weighted by Crippen LogP contribution is -2.22. The molecule has 0 aliphatic carbocycles. The van der Waals surface area contributed by atoms with Crippen molar-refractivity contribution in [1.82, 2.24) is 10.3 Å². The zero-order valence-corrected chi connectivity index (χ0v) is 12.3. The lowest BCUT2D eigenvalue weighted by atomic mass is 10.0. The Morgan fingerprint density at radius 1 is 1.19 bits per heavy atom. The van der Waals surface area contributed by atoms with Gasteiger partial charge >= 0.3 is 0 Å². The van der Waals surface area contributed by atoms with Crippen molar-refractivity contribution in [3.63, 3.8) is 0 Å². The van der Waals surface area contributed by atoms with Gasteiger partial charge in [-0.1, -0.05) is 6.07 Å². The van der Waals surface area contributed by atoms with Crippen molar-refractivity contribution < 1.29 is 14.3 Å². The minimum atomic E-state index is -0.152. The number of ether oxygens (including phenoxy) is 2. The van der Waals surface area contributed by atoms with Crippen LogP contribution in [0.2, 0.25) is 0 Å². The van der Waals surface area contributed by atoms with E-state index in [2.05, 4.69) is 10.3 Å². The third-order valence-electron chi connectivity index (χ3n) is 3.05. The van der Waals surface area contributed by atoms with Crippen LogP contribution in [0.25, 0.3) is 11.1 Å². The number of nitrogens with one attached hydrogen (secondary N) is 1. The van der Waals surface area contributed by atoms with Gasteiger partial charge in [0.15, 0.2) is 0 Å². The zero-order valence-electron chi connectivity index (χ0n) is 12.3. The molecule has 5 nitrogen and oxygen atoms in total. The van der Waals surface area contributed by atoms with Crippen molar-refractivity contribution in [1.29, 1.82) is 0 Å². The van der Waals surface area contributed by atoms with Crippen molar-refractivity contribution in [2.24, 2.45) is 0 Å². The molecule has 0 bridgehead atoms. The average Bonchev–Trinajstić information content (AvgIpc) is 2.54. The highest BCUT2D eigenvalue weighted by molar-refractivity contribution is 5.95. The first kappa shape index (κ1) is 14.8. The Bertz CT molecular complexity index is 619. The van der Waals surface area contributed by atoms with E-state index < -0.39 is 0 Å². The Hall–Kier alpha value is -2.56. The van der Waals surface area contributed by atoms with E-state index in [1.807, 2.05) is 25.1 Å². The second-order valence-corrected chi connectivity index (χ2v) is 4.36. The zero-order chi connectivity index (χ0) is 15.2. The summed E-state index contributed by atoms with van der Waals surface area (Å²) in [6.07, 6.45) is 3.22. The SMILES string of the molecule is CCNC(=O)c1cncc(-c2c(OC)cccc2OC)c1. The molecule has 2 rings (SSSR count). The number of carbonyl (C=O) groups excluding carboxylic acids is 1. The molecule has 5 heteroatoms. The minimum absolute atomic E-state index is 0.152. The summed E-state index contributed by atoms with van der Waals surface area (Å²) < 4.78 is 10.8. The summed E-state index contributed by atoms with van der Waals surface area (Å²) >= 11 is 0. The number of hydrogen-bond acceptors (Lipinski definition) is 4. The van der Waals surface area contributed by atoms with Gasteiger partial charge in [0.05, 0.1) is 25.3 Å². The molecule has 0 unspecified atom stereocenters. The molecule has 0 spiro atoms. The number of carbonyl (C=O) groups is 1.